The van der Waals surface area contributed by atoms with Gasteiger partial charge < -0.3 is 10.1 Å². The van der Waals surface area contributed by atoms with Crippen LogP contribution in [0.3, 0.4) is 0 Å². The number of rotatable bonds is 5. The van der Waals surface area contributed by atoms with Crippen LogP contribution in [0.5, 0.6) is 0 Å². The number of aryl methyl sites for hydroxylation is 1. The summed E-state index contributed by atoms with van der Waals surface area (Å²) in [7, 11) is 0. The molecule has 2 aromatic rings. The maximum absolute atomic E-state index is 12.1. The lowest BCUT2D eigenvalue weighted by molar-refractivity contribution is 0.0951. The van der Waals surface area contributed by atoms with Gasteiger partial charge in [0.15, 0.2) is 0 Å². The fourth-order valence-corrected chi connectivity index (χ4v) is 1.98. The van der Waals surface area contributed by atoms with Crippen molar-refractivity contribution >= 4 is 17.7 Å². The summed E-state index contributed by atoms with van der Waals surface area (Å²) in [6.45, 7) is 4.54. The molecule has 0 bridgehead atoms. The molecule has 2 rings (SSSR count). The Morgan fingerprint density at radius 1 is 1.00 bits per heavy atom. The molecule has 0 saturated carbocycles. The highest BCUT2D eigenvalue weighted by molar-refractivity contribution is 5.95. The molecule has 23 heavy (non-hydrogen) atoms. The molecule has 5 heteroatoms. The first-order valence-electron chi connectivity index (χ1n) is 7.46. The van der Waals surface area contributed by atoms with Gasteiger partial charge in [0.25, 0.3) is 5.91 Å². The molecule has 0 atom stereocenters. The second-order valence-electron chi connectivity index (χ2n) is 5.09. The van der Waals surface area contributed by atoms with Crippen molar-refractivity contribution < 1.29 is 14.3 Å². The highest BCUT2D eigenvalue weighted by Gasteiger charge is 2.06. The van der Waals surface area contributed by atoms with Crippen molar-refractivity contribution in [3.8, 4) is 0 Å². The number of hydrogen-bond acceptors (Lipinski definition) is 3. The summed E-state index contributed by atoms with van der Waals surface area (Å²) in [5, 5.41) is 5.44. The van der Waals surface area contributed by atoms with Crippen LogP contribution in [0, 0.1) is 6.92 Å². The molecular weight excluding hydrogens is 292 g/mol. The van der Waals surface area contributed by atoms with Crippen LogP contribution >= 0.6 is 0 Å². The Hall–Kier alpha value is -2.82. The molecule has 0 saturated heterocycles. The number of anilines is 1. The van der Waals surface area contributed by atoms with Crippen LogP contribution in [0.25, 0.3) is 0 Å². The largest absolute Gasteiger partial charge is 0.450 e. The van der Waals surface area contributed by atoms with E-state index in [0.29, 0.717) is 24.4 Å². The molecule has 2 amide bonds. The monoisotopic (exact) mass is 312 g/mol. The van der Waals surface area contributed by atoms with Gasteiger partial charge in [-0.3, -0.25) is 10.1 Å². The topological polar surface area (TPSA) is 67.4 Å². The predicted molar refractivity (Wildman–Crippen MR) is 89.4 cm³/mol. The van der Waals surface area contributed by atoms with Crippen LogP contribution in [-0.4, -0.2) is 18.6 Å². The van der Waals surface area contributed by atoms with Gasteiger partial charge in [0, 0.05) is 17.8 Å². The van der Waals surface area contributed by atoms with E-state index in [1.807, 2.05) is 31.2 Å². The van der Waals surface area contributed by atoms with Gasteiger partial charge in [0.1, 0.15) is 0 Å². The number of benzene rings is 2. The Kier molecular flexibility index (Phi) is 5.74. The van der Waals surface area contributed by atoms with Crippen molar-refractivity contribution in [1.29, 1.82) is 0 Å². The lowest BCUT2D eigenvalue weighted by atomic mass is 10.1. The van der Waals surface area contributed by atoms with E-state index < -0.39 is 6.09 Å². The fourth-order valence-electron chi connectivity index (χ4n) is 1.98. The summed E-state index contributed by atoms with van der Waals surface area (Å²) in [5.41, 5.74) is 3.35. The zero-order chi connectivity index (χ0) is 16.7. The molecule has 0 aliphatic heterocycles. The third-order valence-corrected chi connectivity index (χ3v) is 3.24. The molecule has 5 nitrogen and oxygen atoms in total. The zero-order valence-corrected chi connectivity index (χ0v) is 13.3. The van der Waals surface area contributed by atoms with Gasteiger partial charge in [-0.2, -0.15) is 0 Å². The maximum Gasteiger partial charge on any atom is 0.411 e. The second kappa shape index (κ2) is 7.98. The molecule has 0 heterocycles. The van der Waals surface area contributed by atoms with E-state index in [0.717, 1.165) is 5.56 Å². The minimum Gasteiger partial charge on any atom is -0.450 e. The Morgan fingerprint density at radius 3 is 2.26 bits per heavy atom. The Bertz CT molecular complexity index is 664. The smallest absolute Gasteiger partial charge is 0.411 e. The average Bonchev–Trinajstić information content (AvgIpc) is 2.55. The number of nitrogens with one attached hydrogen (secondary N) is 2. The molecule has 2 N–H and O–H groups in total. The van der Waals surface area contributed by atoms with Crippen molar-refractivity contribution in [3.05, 3.63) is 65.2 Å². The SMILES string of the molecule is CCOC(=O)Nc1ccc(C(=O)NCc2ccc(C)cc2)cc1. The van der Waals surface area contributed by atoms with Crippen LogP contribution in [0.1, 0.15) is 28.4 Å². The van der Waals surface area contributed by atoms with Gasteiger partial charge in [-0.1, -0.05) is 29.8 Å². The Labute approximate surface area is 135 Å². The summed E-state index contributed by atoms with van der Waals surface area (Å²) in [5.74, 6) is -0.159. The van der Waals surface area contributed by atoms with Crippen LogP contribution in [0.4, 0.5) is 10.5 Å². The normalized spacial score (nSPS) is 10.0. The van der Waals surface area contributed by atoms with E-state index in [2.05, 4.69) is 10.6 Å². The van der Waals surface area contributed by atoms with Crippen molar-refractivity contribution in [2.45, 2.75) is 20.4 Å². The van der Waals surface area contributed by atoms with Crippen molar-refractivity contribution in [1.82, 2.24) is 5.32 Å². The van der Waals surface area contributed by atoms with Gasteiger partial charge in [-0.25, -0.2) is 4.79 Å². The van der Waals surface area contributed by atoms with Crippen molar-refractivity contribution in [2.75, 3.05) is 11.9 Å². The highest BCUT2D eigenvalue weighted by Crippen LogP contribution is 2.10. The van der Waals surface area contributed by atoms with Crippen LogP contribution in [0.15, 0.2) is 48.5 Å². The molecule has 0 spiro atoms. The van der Waals surface area contributed by atoms with Crippen LogP contribution in [-0.2, 0) is 11.3 Å². The molecule has 0 aliphatic carbocycles. The maximum atomic E-state index is 12.1. The average molecular weight is 312 g/mol. The van der Waals surface area contributed by atoms with E-state index in [9.17, 15) is 9.59 Å². The highest BCUT2D eigenvalue weighted by atomic mass is 16.5. The Morgan fingerprint density at radius 2 is 1.65 bits per heavy atom. The molecule has 2 aromatic carbocycles. The second-order valence-corrected chi connectivity index (χ2v) is 5.09. The van der Waals surface area contributed by atoms with Gasteiger partial charge in [-0.05, 0) is 43.7 Å². The summed E-state index contributed by atoms with van der Waals surface area (Å²) in [4.78, 5) is 23.4. The molecule has 0 radical (unpaired) electrons. The predicted octanol–water partition coefficient (Wildman–Crippen LogP) is 3.49. The summed E-state index contributed by atoms with van der Waals surface area (Å²) in [6.07, 6.45) is -0.510. The first-order chi connectivity index (χ1) is 11.1. The molecule has 0 unspecified atom stereocenters. The van der Waals surface area contributed by atoms with Crippen LogP contribution in [0.2, 0.25) is 0 Å². The lowest BCUT2D eigenvalue weighted by Crippen LogP contribution is -2.22. The van der Waals surface area contributed by atoms with Gasteiger partial charge in [0.2, 0.25) is 0 Å². The molecule has 0 fully saturated rings. The van der Waals surface area contributed by atoms with E-state index in [-0.39, 0.29) is 5.91 Å². The first kappa shape index (κ1) is 16.5. The third kappa shape index (κ3) is 5.14. The van der Waals surface area contributed by atoms with Gasteiger partial charge >= 0.3 is 6.09 Å². The summed E-state index contributed by atoms with van der Waals surface area (Å²) < 4.78 is 4.79. The number of carbonyl (C=O) groups excluding carboxylic acids is 2. The van der Waals surface area contributed by atoms with E-state index in [1.165, 1.54) is 5.56 Å². The quantitative estimate of drug-likeness (QED) is 0.888. The lowest BCUT2D eigenvalue weighted by Gasteiger charge is -2.08. The number of amides is 2. The number of carbonyl (C=O) groups is 2. The minimum atomic E-state index is -0.510. The Balaban J connectivity index is 1.89. The van der Waals surface area contributed by atoms with E-state index in [4.69, 9.17) is 4.74 Å². The van der Waals surface area contributed by atoms with E-state index >= 15 is 0 Å². The molecule has 0 aromatic heterocycles. The van der Waals surface area contributed by atoms with Gasteiger partial charge in [-0.15, -0.1) is 0 Å². The fraction of sp³-hybridized carbons (Fsp3) is 0.222. The molecular formula is C18H20N2O3. The molecule has 0 aliphatic rings. The van der Waals surface area contributed by atoms with Crippen molar-refractivity contribution in [2.24, 2.45) is 0 Å². The van der Waals surface area contributed by atoms with E-state index in [1.54, 1.807) is 31.2 Å². The number of ether oxygens (including phenoxy) is 1. The van der Waals surface area contributed by atoms with Crippen molar-refractivity contribution in [3.63, 3.8) is 0 Å². The summed E-state index contributed by atoms with van der Waals surface area (Å²) >= 11 is 0. The van der Waals surface area contributed by atoms with Gasteiger partial charge in [0.05, 0.1) is 6.61 Å². The summed E-state index contributed by atoms with van der Waals surface area (Å²) in [6, 6.07) is 14.6. The number of hydrogen-bond donors (Lipinski definition) is 2. The first-order valence-corrected chi connectivity index (χ1v) is 7.46. The van der Waals surface area contributed by atoms with Crippen LogP contribution < -0.4 is 10.6 Å². The standard InChI is InChI=1S/C18H20N2O3/c1-3-23-18(22)20-16-10-8-15(9-11-16)17(21)19-12-14-6-4-13(2)5-7-14/h4-11H,3,12H2,1-2H3,(H,19,21)(H,20,22). The molecule has 120 valence electrons. The minimum absolute atomic E-state index is 0.159. The zero-order valence-electron chi connectivity index (χ0n) is 13.3. The third-order valence-electron chi connectivity index (χ3n) is 3.24.